The van der Waals surface area contributed by atoms with Gasteiger partial charge in [-0.25, -0.2) is 0 Å². The number of unbranched alkanes of at least 4 members (excludes halogenated alkanes) is 5. The molecular weight excluding hydrogens is 268 g/mol. The van der Waals surface area contributed by atoms with Crippen molar-refractivity contribution in [3.8, 4) is 0 Å². The Morgan fingerprint density at radius 2 is 1.77 bits per heavy atom. The number of hydrogen-bond acceptors (Lipinski definition) is 1. The molecule has 0 saturated carbocycles. The van der Waals surface area contributed by atoms with Crippen LogP contribution in [-0.2, 0) is 4.74 Å². The molecule has 0 unspecified atom stereocenters. The monoisotopic (exact) mass is 300 g/mol. The van der Waals surface area contributed by atoms with Crippen LogP contribution in [0.25, 0.3) is 0 Å². The molecule has 122 valence electrons. The first-order valence-corrected chi connectivity index (χ1v) is 9.18. The smallest absolute Gasteiger partial charge is 0.0829 e. The molecule has 3 atom stereocenters. The minimum absolute atomic E-state index is 0.280. The van der Waals surface area contributed by atoms with Crippen molar-refractivity contribution < 1.29 is 4.74 Å². The summed E-state index contributed by atoms with van der Waals surface area (Å²) in [6.07, 6.45) is 14.4. The Balaban J connectivity index is 1.80. The molecule has 1 fully saturated rings. The van der Waals surface area contributed by atoms with Gasteiger partial charge in [0.2, 0.25) is 0 Å². The average molecular weight is 300 g/mol. The number of benzene rings is 1. The van der Waals surface area contributed by atoms with Gasteiger partial charge in [0.05, 0.1) is 12.2 Å². The summed E-state index contributed by atoms with van der Waals surface area (Å²) >= 11 is 0. The molecule has 1 aromatic carbocycles. The Hall–Kier alpha value is -1.08. The summed E-state index contributed by atoms with van der Waals surface area (Å²) in [7, 11) is 0. The molecule has 1 aliphatic rings. The van der Waals surface area contributed by atoms with Gasteiger partial charge in [-0.2, -0.15) is 0 Å². The molecule has 0 N–H and O–H groups in total. The second-order valence-corrected chi connectivity index (χ2v) is 6.61. The molecule has 1 saturated heterocycles. The van der Waals surface area contributed by atoms with Gasteiger partial charge in [0, 0.05) is 5.92 Å². The van der Waals surface area contributed by atoms with E-state index in [1.165, 1.54) is 56.9 Å². The highest BCUT2D eigenvalue weighted by molar-refractivity contribution is 5.18. The highest BCUT2D eigenvalue weighted by atomic mass is 16.5. The fraction of sp³-hybridized carbons (Fsp3) is 0.619. The molecular formula is C21H32O. The topological polar surface area (TPSA) is 9.23 Å². The third kappa shape index (κ3) is 5.28. The molecule has 0 aromatic heterocycles. The highest BCUT2D eigenvalue weighted by Gasteiger charge is 2.29. The number of rotatable bonds is 9. The van der Waals surface area contributed by atoms with Crippen LogP contribution in [0.4, 0.5) is 0 Å². The number of ether oxygens (including phenoxy) is 1. The fourth-order valence-electron chi connectivity index (χ4n) is 3.50. The Morgan fingerprint density at radius 1 is 1.05 bits per heavy atom. The normalized spacial score (nSPS) is 25.0. The summed E-state index contributed by atoms with van der Waals surface area (Å²) in [5.41, 5.74) is 1.33. The summed E-state index contributed by atoms with van der Waals surface area (Å²) in [5.74, 6) is 0.538. The van der Waals surface area contributed by atoms with Crippen LogP contribution in [-0.4, -0.2) is 6.10 Å². The van der Waals surface area contributed by atoms with Crippen molar-refractivity contribution in [3.05, 3.63) is 48.6 Å². The van der Waals surface area contributed by atoms with Gasteiger partial charge in [-0.15, -0.1) is 6.58 Å². The van der Waals surface area contributed by atoms with Crippen molar-refractivity contribution in [2.75, 3.05) is 0 Å². The third-order valence-electron chi connectivity index (χ3n) is 4.90. The quantitative estimate of drug-likeness (QED) is 0.375. The second-order valence-electron chi connectivity index (χ2n) is 6.61. The Labute approximate surface area is 136 Å². The van der Waals surface area contributed by atoms with E-state index in [1.807, 2.05) is 0 Å². The Morgan fingerprint density at radius 3 is 2.50 bits per heavy atom. The zero-order chi connectivity index (χ0) is 15.6. The standard InChI is InChI=1S/C21H32O/c1-3-5-6-7-8-12-15-20-18(4-2)16-17-21(22-20)19-13-10-9-11-14-19/h4,9-11,13-14,18,20-21H,2-3,5-8,12,15-17H2,1H3/t18-,20+,21+/m0/s1. The molecule has 1 heteroatoms. The maximum Gasteiger partial charge on any atom is 0.0829 e. The van der Waals surface area contributed by atoms with Crippen LogP contribution >= 0.6 is 0 Å². The van der Waals surface area contributed by atoms with Gasteiger partial charge in [0.1, 0.15) is 0 Å². The van der Waals surface area contributed by atoms with Gasteiger partial charge in [-0.1, -0.05) is 81.9 Å². The van der Waals surface area contributed by atoms with E-state index in [4.69, 9.17) is 4.74 Å². The Kier molecular flexibility index (Phi) is 7.73. The minimum Gasteiger partial charge on any atom is -0.370 e. The second kappa shape index (κ2) is 9.84. The molecule has 22 heavy (non-hydrogen) atoms. The average Bonchev–Trinajstić information content (AvgIpc) is 2.58. The lowest BCUT2D eigenvalue weighted by Gasteiger charge is -2.35. The van der Waals surface area contributed by atoms with E-state index < -0.39 is 0 Å². The van der Waals surface area contributed by atoms with Crippen molar-refractivity contribution in [2.24, 2.45) is 5.92 Å². The molecule has 0 bridgehead atoms. The molecule has 1 nitrogen and oxygen atoms in total. The predicted molar refractivity (Wildman–Crippen MR) is 95.0 cm³/mol. The van der Waals surface area contributed by atoms with E-state index in [0.717, 1.165) is 6.42 Å². The van der Waals surface area contributed by atoms with Gasteiger partial charge >= 0.3 is 0 Å². The van der Waals surface area contributed by atoms with Gasteiger partial charge < -0.3 is 4.74 Å². The fourth-order valence-corrected chi connectivity index (χ4v) is 3.50. The van der Waals surface area contributed by atoms with Crippen molar-refractivity contribution in [2.45, 2.75) is 76.9 Å². The van der Waals surface area contributed by atoms with Crippen molar-refractivity contribution in [3.63, 3.8) is 0 Å². The van der Waals surface area contributed by atoms with Crippen LogP contribution in [0.2, 0.25) is 0 Å². The highest BCUT2D eigenvalue weighted by Crippen LogP contribution is 2.36. The van der Waals surface area contributed by atoms with E-state index in [0.29, 0.717) is 12.0 Å². The molecule has 0 amide bonds. The molecule has 0 aliphatic carbocycles. The summed E-state index contributed by atoms with van der Waals surface area (Å²) in [6, 6.07) is 10.7. The van der Waals surface area contributed by atoms with Gasteiger partial charge in [0.25, 0.3) is 0 Å². The predicted octanol–water partition coefficient (Wildman–Crippen LogP) is 6.46. The summed E-state index contributed by atoms with van der Waals surface area (Å²) in [5, 5.41) is 0. The first-order valence-electron chi connectivity index (χ1n) is 9.18. The lowest BCUT2D eigenvalue weighted by atomic mass is 9.87. The molecule has 1 heterocycles. The lowest BCUT2D eigenvalue weighted by Crippen LogP contribution is -2.30. The van der Waals surface area contributed by atoms with E-state index in [2.05, 4.69) is 49.9 Å². The summed E-state index contributed by atoms with van der Waals surface area (Å²) < 4.78 is 6.43. The molecule has 0 radical (unpaired) electrons. The van der Waals surface area contributed by atoms with E-state index in [-0.39, 0.29) is 6.10 Å². The Bertz CT molecular complexity index is 411. The zero-order valence-electron chi connectivity index (χ0n) is 14.2. The van der Waals surface area contributed by atoms with Crippen LogP contribution in [0.3, 0.4) is 0 Å². The minimum atomic E-state index is 0.280. The SMILES string of the molecule is C=C[C@H]1CC[C@H](c2ccccc2)O[C@@H]1CCCCCCCC. The molecule has 1 aliphatic heterocycles. The van der Waals surface area contributed by atoms with Gasteiger partial charge in [-0.3, -0.25) is 0 Å². The molecule has 2 rings (SSSR count). The van der Waals surface area contributed by atoms with Crippen LogP contribution in [0, 0.1) is 5.92 Å². The van der Waals surface area contributed by atoms with Crippen LogP contribution in [0.1, 0.15) is 76.4 Å². The molecule has 0 spiro atoms. The maximum atomic E-state index is 6.43. The van der Waals surface area contributed by atoms with Gasteiger partial charge in [0.15, 0.2) is 0 Å². The number of hydrogen-bond donors (Lipinski definition) is 0. The van der Waals surface area contributed by atoms with E-state index in [9.17, 15) is 0 Å². The maximum absolute atomic E-state index is 6.43. The van der Waals surface area contributed by atoms with Crippen molar-refractivity contribution >= 4 is 0 Å². The first-order chi connectivity index (χ1) is 10.8. The van der Waals surface area contributed by atoms with Crippen LogP contribution < -0.4 is 0 Å². The van der Waals surface area contributed by atoms with Crippen LogP contribution in [0.5, 0.6) is 0 Å². The van der Waals surface area contributed by atoms with Crippen LogP contribution in [0.15, 0.2) is 43.0 Å². The zero-order valence-corrected chi connectivity index (χ0v) is 14.2. The van der Waals surface area contributed by atoms with Crippen molar-refractivity contribution in [1.29, 1.82) is 0 Å². The third-order valence-corrected chi connectivity index (χ3v) is 4.90. The largest absolute Gasteiger partial charge is 0.370 e. The van der Waals surface area contributed by atoms with E-state index >= 15 is 0 Å². The first kappa shape index (κ1) is 17.3. The summed E-state index contributed by atoms with van der Waals surface area (Å²) in [6.45, 7) is 6.29. The van der Waals surface area contributed by atoms with Crippen molar-refractivity contribution in [1.82, 2.24) is 0 Å². The molecule has 1 aromatic rings. The lowest BCUT2D eigenvalue weighted by molar-refractivity contribution is -0.0774. The van der Waals surface area contributed by atoms with E-state index in [1.54, 1.807) is 0 Å². The van der Waals surface area contributed by atoms with Gasteiger partial charge in [-0.05, 0) is 24.8 Å². The summed E-state index contributed by atoms with van der Waals surface area (Å²) in [4.78, 5) is 0.